The minimum Gasteiger partial charge on any atom is -0.493 e. The molecule has 3 rings (SSSR count). The molecule has 43 heavy (non-hydrogen) atoms. The van der Waals surface area contributed by atoms with Gasteiger partial charge in [0.05, 0.1) is 34.8 Å². The average molecular weight is 671 g/mol. The molecule has 0 unspecified atom stereocenters. The van der Waals surface area contributed by atoms with Crippen LogP contribution in [0, 0.1) is 0 Å². The lowest BCUT2D eigenvalue weighted by Gasteiger charge is -2.32. The largest absolute Gasteiger partial charge is 0.493 e. The highest BCUT2D eigenvalue weighted by molar-refractivity contribution is 7.92. The third kappa shape index (κ3) is 8.69. The Labute approximate surface area is 267 Å². The van der Waals surface area contributed by atoms with Gasteiger partial charge in [0.15, 0.2) is 11.5 Å². The van der Waals surface area contributed by atoms with Crippen molar-refractivity contribution in [1.82, 2.24) is 10.2 Å². The molecular formula is C30H34Cl3N3O6S. The van der Waals surface area contributed by atoms with Gasteiger partial charge < -0.3 is 19.7 Å². The zero-order valence-electron chi connectivity index (χ0n) is 24.3. The molecular weight excluding hydrogens is 637 g/mol. The molecule has 3 aromatic rings. The van der Waals surface area contributed by atoms with Crippen LogP contribution in [0.25, 0.3) is 0 Å². The van der Waals surface area contributed by atoms with E-state index in [9.17, 15) is 18.0 Å². The van der Waals surface area contributed by atoms with Gasteiger partial charge in [0.2, 0.25) is 11.8 Å². The molecule has 13 heteroatoms. The van der Waals surface area contributed by atoms with Gasteiger partial charge in [-0.3, -0.25) is 13.9 Å². The Morgan fingerprint density at radius 1 is 0.907 bits per heavy atom. The van der Waals surface area contributed by atoms with Crippen LogP contribution < -0.4 is 19.1 Å². The Hall–Kier alpha value is -3.18. The number of halogens is 3. The van der Waals surface area contributed by atoms with E-state index < -0.39 is 28.5 Å². The van der Waals surface area contributed by atoms with Crippen LogP contribution in [-0.4, -0.2) is 58.5 Å². The van der Waals surface area contributed by atoms with Crippen molar-refractivity contribution >= 4 is 62.3 Å². The van der Waals surface area contributed by atoms with Gasteiger partial charge >= 0.3 is 0 Å². The van der Waals surface area contributed by atoms with Crippen LogP contribution in [0.4, 0.5) is 5.69 Å². The van der Waals surface area contributed by atoms with Crippen LogP contribution in [0.1, 0.15) is 32.3 Å². The average Bonchev–Trinajstić information content (AvgIpc) is 3.00. The summed E-state index contributed by atoms with van der Waals surface area (Å²) in [4.78, 5) is 28.3. The van der Waals surface area contributed by atoms with Crippen LogP contribution in [0.3, 0.4) is 0 Å². The van der Waals surface area contributed by atoms with Gasteiger partial charge in [0, 0.05) is 24.2 Å². The maximum atomic E-state index is 14.1. The normalized spacial score (nSPS) is 11.9. The van der Waals surface area contributed by atoms with Crippen molar-refractivity contribution in [3.63, 3.8) is 0 Å². The SMILES string of the molecule is CCCCNC(=O)[C@@H](C)N(Cc1ccc(Cl)c(Cl)c1)C(=O)CN(c1ccc(Cl)cc1)S(=O)(=O)c1ccc(OC)c(OC)c1. The molecule has 0 bridgehead atoms. The number of hydrogen-bond donors (Lipinski definition) is 1. The number of benzene rings is 3. The highest BCUT2D eigenvalue weighted by Gasteiger charge is 2.33. The van der Waals surface area contributed by atoms with Crippen LogP contribution in [0.2, 0.25) is 15.1 Å². The molecule has 232 valence electrons. The van der Waals surface area contributed by atoms with Gasteiger partial charge in [-0.1, -0.05) is 54.2 Å². The molecule has 0 saturated carbocycles. The fourth-order valence-electron chi connectivity index (χ4n) is 4.19. The first kappa shape index (κ1) is 34.3. The number of amides is 2. The molecule has 0 aliphatic heterocycles. The molecule has 0 radical (unpaired) electrons. The number of carbonyl (C=O) groups is 2. The summed E-state index contributed by atoms with van der Waals surface area (Å²) in [7, 11) is -1.51. The number of nitrogens with one attached hydrogen (secondary N) is 1. The third-order valence-corrected chi connectivity index (χ3v) is 9.43. The van der Waals surface area contributed by atoms with Crippen LogP contribution in [-0.2, 0) is 26.2 Å². The number of ether oxygens (including phenoxy) is 2. The number of anilines is 1. The Morgan fingerprint density at radius 3 is 2.19 bits per heavy atom. The summed E-state index contributed by atoms with van der Waals surface area (Å²) < 4.78 is 39.7. The number of rotatable bonds is 14. The molecule has 0 heterocycles. The zero-order chi connectivity index (χ0) is 31.7. The van der Waals surface area contributed by atoms with Crippen molar-refractivity contribution < 1.29 is 27.5 Å². The molecule has 1 N–H and O–H groups in total. The van der Waals surface area contributed by atoms with Gasteiger partial charge in [0.1, 0.15) is 12.6 Å². The lowest BCUT2D eigenvalue weighted by atomic mass is 10.1. The molecule has 0 aliphatic carbocycles. The zero-order valence-corrected chi connectivity index (χ0v) is 27.4. The molecule has 0 fully saturated rings. The molecule has 0 saturated heterocycles. The first-order valence-corrected chi connectivity index (χ1v) is 16.0. The smallest absolute Gasteiger partial charge is 0.264 e. The number of hydrogen-bond acceptors (Lipinski definition) is 6. The van der Waals surface area contributed by atoms with E-state index in [0.717, 1.165) is 17.1 Å². The van der Waals surface area contributed by atoms with Crippen LogP contribution >= 0.6 is 34.8 Å². The Balaban J connectivity index is 2.05. The minimum absolute atomic E-state index is 0.0249. The maximum absolute atomic E-state index is 14.1. The Morgan fingerprint density at radius 2 is 1.58 bits per heavy atom. The van der Waals surface area contributed by atoms with Gasteiger partial charge in [-0.2, -0.15) is 0 Å². The highest BCUT2D eigenvalue weighted by Crippen LogP contribution is 2.33. The molecule has 0 aromatic heterocycles. The summed E-state index contributed by atoms with van der Waals surface area (Å²) in [5.74, 6) is -0.457. The predicted octanol–water partition coefficient (Wildman–Crippen LogP) is 6.19. The molecule has 9 nitrogen and oxygen atoms in total. The summed E-state index contributed by atoms with van der Waals surface area (Å²) in [5, 5.41) is 3.85. The van der Waals surface area contributed by atoms with E-state index in [1.165, 1.54) is 61.6 Å². The van der Waals surface area contributed by atoms with E-state index >= 15 is 0 Å². The third-order valence-electron chi connectivity index (χ3n) is 6.67. The van der Waals surface area contributed by atoms with Gasteiger partial charge in [-0.25, -0.2) is 8.42 Å². The number of carbonyl (C=O) groups excluding carboxylic acids is 2. The molecule has 0 spiro atoms. The number of methoxy groups -OCH3 is 2. The summed E-state index contributed by atoms with van der Waals surface area (Å²) in [6.45, 7) is 3.39. The van der Waals surface area contributed by atoms with E-state index in [1.54, 1.807) is 25.1 Å². The fourth-order valence-corrected chi connectivity index (χ4v) is 6.07. The van der Waals surface area contributed by atoms with Crippen LogP contribution in [0.5, 0.6) is 11.5 Å². The molecule has 2 amide bonds. The first-order valence-electron chi connectivity index (χ1n) is 13.4. The summed E-state index contributed by atoms with van der Waals surface area (Å²) in [5.41, 5.74) is 0.804. The molecule has 0 aliphatic rings. The van der Waals surface area contributed by atoms with E-state index in [-0.39, 0.29) is 33.8 Å². The van der Waals surface area contributed by atoms with Gasteiger partial charge in [0.25, 0.3) is 10.0 Å². The lowest BCUT2D eigenvalue weighted by molar-refractivity contribution is -0.139. The second-order valence-corrected chi connectivity index (χ2v) is 12.7. The van der Waals surface area contributed by atoms with E-state index in [4.69, 9.17) is 44.3 Å². The predicted molar refractivity (Wildman–Crippen MR) is 170 cm³/mol. The van der Waals surface area contributed by atoms with Crippen molar-refractivity contribution in [2.75, 3.05) is 31.6 Å². The Bertz CT molecular complexity index is 1540. The number of unbranched alkanes of at least 4 members (excludes halogenated alkanes) is 1. The second-order valence-electron chi connectivity index (χ2n) is 9.60. The van der Waals surface area contributed by atoms with Crippen LogP contribution in [0.15, 0.2) is 65.6 Å². The molecule has 3 aromatic carbocycles. The number of sulfonamides is 1. The van der Waals surface area contributed by atoms with E-state index in [0.29, 0.717) is 27.9 Å². The topological polar surface area (TPSA) is 105 Å². The monoisotopic (exact) mass is 669 g/mol. The molecule has 1 atom stereocenters. The quantitative estimate of drug-likeness (QED) is 0.205. The maximum Gasteiger partial charge on any atom is 0.264 e. The lowest BCUT2D eigenvalue weighted by Crippen LogP contribution is -2.51. The summed E-state index contributed by atoms with van der Waals surface area (Å²) >= 11 is 18.4. The van der Waals surface area contributed by atoms with Crippen molar-refractivity contribution in [2.45, 2.75) is 44.2 Å². The second kappa shape index (κ2) is 15.5. The minimum atomic E-state index is -4.33. The summed E-state index contributed by atoms with van der Waals surface area (Å²) in [6, 6.07) is 14.1. The Kier molecular flexibility index (Phi) is 12.4. The van der Waals surface area contributed by atoms with Crippen molar-refractivity contribution in [3.8, 4) is 11.5 Å². The standard InChI is InChI=1S/C30H34Cl3N3O6S/c1-5-6-15-34-30(38)20(2)35(18-21-7-13-25(32)26(33)16-21)29(37)19-36(23-10-8-22(31)9-11-23)43(39,40)24-12-14-27(41-3)28(17-24)42-4/h7-14,16-17,20H,5-6,15,18-19H2,1-4H3,(H,34,38)/t20-/m1/s1. The van der Waals surface area contributed by atoms with Crippen molar-refractivity contribution in [3.05, 3.63) is 81.3 Å². The number of nitrogens with zero attached hydrogens (tertiary/aromatic N) is 2. The van der Waals surface area contributed by atoms with Crippen molar-refractivity contribution in [1.29, 1.82) is 0 Å². The van der Waals surface area contributed by atoms with Gasteiger partial charge in [-0.05, 0) is 67.4 Å². The fraction of sp³-hybridized carbons (Fsp3) is 0.333. The first-order chi connectivity index (χ1) is 20.4. The highest BCUT2D eigenvalue weighted by atomic mass is 35.5. The van der Waals surface area contributed by atoms with E-state index in [2.05, 4.69) is 5.32 Å². The van der Waals surface area contributed by atoms with E-state index in [1.807, 2.05) is 6.92 Å². The van der Waals surface area contributed by atoms with Crippen molar-refractivity contribution in [2.24, 2.45) is 0 Å². The summed E-state index contributed by atoms with van der Waals surface area (Å²) in [6.07, 6.45) is 1.65. The van der Waals surface area contributed by atoms with Gasteiger partial charge in [-0.15, -0.1) is 0 Å².